The maximum Gasteiger partial charge on any atom is 0.194 e. The van der Waals surface area contributed by atoms with Gasteiger partial charge in [0.1, 0.15) is 3.70 Å². The van der Waals surface area contributed by atoms with Gasteiger partial charge in [0.15, 0.2) is 4.96 Å². The van der Waals surface area contributed by atoms with Crippen molar-refractivity contribution in [1.29, 1.82) is 0 Å². The summed E-state index contributed by atoms with van der Waals surface area (Å²) < 4.78 is 3.48. The van der Waals surface area contributed by atoms with Crippen molar-refractivity contribution in [3.05, 3.63) is 20.5 Å². The van der Waals surface area contributed by atoms with Gasteiger partial charge in [0.25, 0.3) is 0 Å². The Morgan fingerprint density at radius 2 is 2.38 bits per heavy atom. The number of fused-ring (bicyclic) bond motifs is 1. The molecule has 4 heteroatoms. The quantitative estimate of drug-likeness (QED) is 0.740. The molecule has 1 aliphatic rings. The van der Waals surface area contributed by atoms with Crippen LogP contribution in [0.15, 0.2) is 6.20 Å². The number of hydrogen-bond acceptors (Lipinski definition) is 2. The fourth-order valence-corrected chi connectivity index (χ4v) is 3.35. The number of nitrogens with zero attached hydrogens (tertiary/aromatic N) is 2. The molecule has 13 heavy (non-hydrogen) atoms. The van der Waals surface area contributed by atoms with E-state index in [1.54, 1.807) is 0 Å². The normalized spacial score (nSPS) is 17.1. The van der Waals surface area contributed by atoms with E-state index in [0.717, 1.165) is 16.6 Å². The molecule has 2 nitrogen and oxygen atoms in total. The highest BCUT2D eigenvalue weighted by Gasteiger charge is 2.26. The smallest absolute Gasteiger partial charge is 0.194 e. The van der Waals surface area contributed by atoms with Crippen LogP contribution in [-0.2, 0) is 0 Å². The van der Waals surface area contributed by atoms with Gasteiger partial charge >= 0.3 is 0 Å². The van der Waals surface area contributed by atoms with Gasteiger partial charge < -0.3 is 0 Å². The molecule has 2 aromatic heterocycles. The van der Waals surface area contributed by atoms with Crippen molar-refractivity contribution in [3.8, 4) is 0 Å². The van der Waals surface area contributed by atoms with Gasteiger partial charge in [-0.3, -0.25) is 4.40 Å². The van der Waals surface area contributed by atoms with Crippen LogP contribution < -0.4 is 0 Å². The summed E-state index contributed by atoms with van der Waals surface area (Å²) in [5.41, 5.74) is 1.15. The average Bonchev–Trinajstić information content (AvgIpc) is 2.82. The van der Waals surface area contributed by atoms with Crippen molar-refractivity contribution in [3.63, 3.8) is 0 Å². The van der Waals surface area contributed by atoms with Crippen LogP contribution in [0.5, 0.6) is 0 Å². The lowest BCUT2D eigenvalue weighted by Crippen LogP contribution is -1.81. The topological polar surface area (TPSA) is 17.3 Å². The molecule has 0 N–H and O–H groups in total. The first kappa shape index (κ1) is 8.23. The van der Waals surface area contributed by atoms with E-state index in [2.05, 4.69) is 45.1 Å². The second kappa shape index (κ2) is 2.70. The van der Waals surface area contributed by atoms with E-state index in [9.17, 15) is 0 Å². The number of halogens is 1. The maximum absolute atomic E-state index is 4.52. The summed E-state index contributed by atoms with van der Waals surface area (Å²) >= 11 is 4.21. The molecule has 3 rings (SSSR count). The minimum atomic E-state index is 0.850. The molecule has 0 aliphatic heterocycles. The van der Waals surface area contributed by atoms with Crippen LogP contribution in [-0.4, -0.2) is 9.38 Å². The van der Waals surface area contributed by atoms with Crippen LogP contribution in [0.1, 0.15) is 29.3 Å². The first-order valence-corrected chi connectivity index (χ1v) is 6.29. The van der Waals surface area contributed by atoms with Gasteiger partial charge in [-0.1, -0.05) is 0 Å². The molecule has 1 fully saturated rings. The number of aromatic nitrogens is 2. The molecule has 1 aliphatic carbocycles. The number of hydrogen-bond donors (Lipinski definition) is 0. The van der Waals surface area contributed by atoms with Crippen molar-refractivity contribution >= 4 is 38.9 Å². The third-order valence-corrected chi connectivity index (χ3v) is 4.87. The summed E-state index contributed by atoms with van der Waals surface area (Å²) in [4.78, 5) is 7.19. The predicted octanol–water partition coefficient (Wildman–Crippen LogP) is 3.19. The predicted molar refractivity (Wildman–Crippen MR) is 62.5 cm³/mol. The van der Waals surface area contributed by atoms with Crippen molar-refractivity contribution in [2.75, 3.05) is 0 Å². The van der Waals surface area contributed by atoms with Gasteiger partial charge in [0, 0.05) is 11.1 Å². The highest BCUT2D eigenvalue weighted by molar-refractivity contribution is 14.1. The maximum atomic E-state index is 4.52. The highest BCUT2D eigenvalue weighted by Crippen LogP contribution is 2.43. The SMILES string of the molecule is Cc1nc2sc(C3CC3)cn2c1I. The van der Waals surface area contributed by atoms with Crippen LogP contribution in [0.25, 0.3) is 4.96 Å². The molecule has 0 spiro atoms. The van der Waals surface area contributed by atoms with E-state index in [1.807, 2.05) is 11.3 Å². The minimum Gasteiger partial charge on any atom is -0.285 e. The summed E-state index contributed by atoms with van der Waals surface area (Å²) in [5.74, 6) is 0.850. The zero-order valence-corrected chi connectivity index (χ0v) is 10.2. The Kier molecular flexibility index (Phi) is 1.71. The molecule has 0 aromatic carbocycles. The van der Waals surface area contributed by atoms with Gasteiger partial charge in [-0.25, -0.2) is 4.98 Å². The Balaban J connectivity index is 2.23. The molecular formula is C9H9IN2S. The van der Waals surface area contributed by atoms with E-state index < -0.39 is 0 Å². The molecular weight excluding hydrogens is 295 g/mol. The van der Waals surface area contributed by atoms with Crippen LogP contribution >= 0.6 is 33.9 Å². The summed E-state index contributed by atoms with van der Waals surface area (Å²) in [7, 11) is 0. The lowest BCUT2D eigenvalue weighted by Gasteiger charge is -1.88. The van der Waals surface area contributed by atoms with E-state index in [1.165, 1.54) is 21.4 Å². The summed E-state index contributed by atoms with van der Waals surface area (Å²) in [5, 5.41) is 0. The Morgan fingerprint density at radius 3 is 3.00 bits per heavy atom. The van der Waals surface area contributed by atoms with E-state index in [4.69, 9.17) is 0 Å². The summed E-state index contributed by atoms with van der Waals surface area (Å²) in [6.45, 7) is 2.07. The largest absolute Gasteiger partial charge is 0.285 e. The zero-order valence-electron chi connectivity index (χ0n) is 7.25. The van der Waals surface area contributed by atoms with Crippen LogP contribution in [0.2, 0.25) is 0 Å². The molecule has 1 saturated carbocycles. The number of aryl methyl sites for hydroxylation is 1. The van der Waals surface area contributed by atoms with E-state index in [-0.39, 0.29) is 0 Å². The molecule has 0 radical (unpaired) electrons. The zero-order chi connectivity index (χ0) is 9.00. The van der Waals surface area contributed by atoms with Crippen molar-refractivity contribution in [2.45, 2.75) is 25.7 Å². The standard InChI is InChI=1S/C9H9IN2S/c1-5-8(10)12-4-7(6-2-3-6)13-9(12)11-5/h4,6H,2-3H2,1H3. The third-order valence-electron chi connectivity index (χ3n) is 2.42. The Morgan fingerprint density at radius 1 is 1.62 bits per heavy atom. The van der Waals surface area contributed by atoms with Gasteiger partial charge in [0.2, 0.25) is 0 Å². The molecule has 0 saturated heterocycles. The molecule has 0 bridgehead atoms. The molecule has 2 aromatic rings. The van der Waals surface area contributed by atoms with E-state index in [0.29, 0.717) is 0 Å². The molecule has 2 heterocycles. The van der Waals surface area contributed by atoms with E-state index >= 15 is 0 Å². The monoisotopic (exact) mass is 304 g/mol. The van der Waals surface area contributed by atoms with Crippen LogP contribution in [0.4, 0.5) is 0 Å². The van der Waals surface area contributed by atoms with Gasteiger partial charge in [0.05, 0.1) is 5.69 Å². The average molecular weight is 304 g/mol. The number of imidazole rings is 1. The highest BCUT2D eigenvalue weighted by atomic mass is 127. The molecule has 0 atom stereocenters. The van der Waals surface area contributed by atoms with Crippen molar-refractivity contribution in [2.24, 2.45) is 0 Å². The summed E-state index contributed by atoms with van der Waals surface area (Å²) in [6, 6.07) is 0. The van der Waals surface area contributed by atoms with Crippen molar-refractivity contribution < 1.29 is 0 Å². The molecule has 68 valence electrons. The van der Waals surface area contributed by atoms with Crippen LogP contribution in [0.3, 0.4) is 0 Å². The second-order valence-electron chi connectivity index (χ2n) is 3.55. The summed E-state index contributed by atoms with van der Waals surface area (Å²) in [6.07, 6.45) is 5.01. The van der Waals surface area contributed by atoms with Crippen molar-refractivity contribution in [1.82, 2.24) is 9.38 Å². The minimum absolute atomic E-state index is 0.850. The van der Waals surface area contributed by atoms with Gasteiger partial charge in [-0.15, -0.1) is 11.3 Å². The van der Waals surface area contributed by atoms with Crippen LogP contribution in [0, 0.1) is 10.6 Å². The fraction of sp³-hybridized carbons (Fsp3) is 0.444. The van der Waals surface area contributed by atoms with Gasteiger partial charge in [-0.2, -0.15) is 0 Å². The Labute approximate surface area is 94.1 Å². The lowest BCUT2D eigenvalue weighted by atomic mass is 10.4. The second-order valence-corrected chi connectivity index (χ2v) is 5.61. The number of rotatable bonds is 1. The molecule has 0 amide bonds. The first-order valence-electron chi connectivity index (χ1n) is 4.39. The Bertz CT molecular complexity index is 467. The number of thiazole rings is 1. The molecule has 0 unspecified atom stereocenters. The Hall–Kier alpha value is -0.100. The third kappa shape index (κ3) is 1.22. The van der Waals surface area contributed by atoms with Gasteiger partial charge in [-0.05, 0) is 48.3 Å². The first-order chi connectivity index (χ1) is 6.25. The fourth-order valence-electron chi connectivity index (χ4n) is 1.50. The lowest BCUT2D eigenvalue weighted by molar-refractivity contribution is 1.10.